The zero-order chi connectivity index (χ0) is 30.1. The summed E-state index contributed by atoms with van der Waals surface area (Å²) in [6.07, 6.45) is 13.3. The Morgan fingerprint density at radius 1 is 0.490 bits per heavy atom. The summed E-state index contributed by atoms with van der Waals surface area (Å²) in [5.74, 6) is 3.30. The standard InChI is InChI=1S/C49H28/c1-2-4-17-16(3-1)28-15-29(17)49-27-14-13-26-24-11-9-22-20-7-5-18-19-6-8-21-23-10-12-25(27)37-35(23)40-33(21)31(19)38-30(18)32(20)39-34(22)36(24)46(48(26,28)49)44-42(39)41(38)43(40)45(44)47(37)49/h1-5,7-8,19,26-29H,6,9-15H2/t19?,26?,27?,28-,29+,48?,49?/m0/s1. The van der Waals surface area contributed by atoms with Gasteiger partial charge < -0.3 is 0 Å². The lowest BCUT2D eigenvalue weighted by Crippen LogP contribution is -2.62. The van der Waals surface area contributed by atoms with Gasteiger partial charge in [0.1, 0.15) is 0 Å². The summed E-state index contributed by atoms with van der Waals surface area (Å²) in [6, 6.07) is 15.2. The molecule has 0 heterocycles. The van der Waals surface area contributed by atoms with E-state index in [0.29, 0.717) is 23.7 Å². The first-order chi connectivity index (χ1) is 24.4. The maximum atomic E-state index is 2.75. The van der Waals surface area contributed by atoms with E-state index < -0.39 is 0 Å². The van der Waals surface area contributed by atoms with Crippen LogP contribution in [0.5, 0.6) is 0 Å². The van der Waals surface area contributed by atoms with E-state index in [2.05, 4.69) is 42.5 Å². The minimum absolute atomic E-state index is 0.232. The van der Waals surface area contributed by atoms with Crippen molar-refractivity contribution in [1.29, 1.82) is 0 Å². The van der Waals surface area contributed by atoms with Gasteiger partial charge in [-0.05, 0) is 211 Å². The van der Waals surface area contributed by atoms with Gasteiger partial charge in [0.05, 0.1) is 0 Å². The minimum Gasteiger partial charge on any atom is -0.0754 e. The average molecular weight is 617 g/mol. The lowest BCUT2D eigenvalue weighted by Gasteiger charge is -2.63. The van der Waals surface area contributed by atoms with Crippen molar-refractivity contribution in [2.24, 2.45) is 11.8 Å². The van der Waals surface area contributed by atoms with Crippen LogP contribution in [-0.4, -0.2) is 0 Å². The number of hydrogen-bond donors (Lipinski definition) is 0. The third-order valence-electron chi connectivity index (χ3n) is 18.8. The molecule has 20 rings (SSSR count). The fourth-order valence-corrected chi connectivity index (χ4v) is 18.6. The number of benzene rings is 6. The molecule has 11 aliphatic carbocycles. The van der Waals surface area contributed by atoms with Crippen LogP contribution in [0.4, 0.5) is 0 Å². The topological polar surface area (TPSA) is 0 Å². The predicted octanol–water partition coefficient (Wildman–Crippen LogP) is 8.88. The van der Waals surface area contributed by atoms with Crippen LogP contribution < -0.4 is 15.7 Å². The molecule has 2 bridgehead atoms. The molecule has 5 unspecified atom stereocenters. The molecule has 9 aromatic rings. The molecule has 224 valence electrons. The highest BCUT2D eigenvalue weighted by Crippen LogP contribution is 2.85. The highest BCUT2D eigenvalue weighted by molar-refractivity contribution is 6.54. The van der Waals surface area contributed by atoms with Gasteiger partial charge in [-0.1, -0.05) is 53.6 Å². The van der Waals surface area contributed by atoms with Crippen LogP contribution in [-0.2, 0) is 23.7 Å². The molecule has 7 atom stereocenters. The highest BCUT2D eigenvalue weighted by atomic mass is 14.8. The Morgan fingerprint density at radius 2 is 1.12 bits per heavy atom. The van der Waals surface area contributed by atoms with Gasteiger partial charge in [-0.3, -0.25) is 0 Å². The molecule has 2 fully saturated rings. The molecule has 0 amide bonds. The molecular formula is C49H28. The molecule has 11 aliphatic rings. The van der Waals surface area contributed by atoms with Gasteiger partial charge in [0.2, 0.25) is 0 Å². The van der Waals surface area contributed by atoms with E-state index in [1.54, 1.807) is 114 Å². The van der Waals surface area contributed by atoms with Crippen LogP contribution in [0.1, 0.15) is 101 Å². The van der Waals surface area contributed by atoms with Crippen molar-refractivity contribution >= 4 is 92.6 Å². The van der Waals surface area contributed by atoms with Crippen LogP contribution in [0.15, 0.2) is 36.4 Å². The third-order valence-corrected chi connectivity index (χ3v) is 18.8. The van der Waals surface area contributed by atoms with Gasteiger partial charge in [-0.15, -0.1) is 0 Å². The van der Waals surface area contributed by atoms with E-state index in [0.717, 1.165) is 5.92 Å². The molecule has 0 radical (unpaired) electrons. The first-order valence-electron chi connectivity index (χ1n) is 19.8. The molecule has 9 aromatic carbocycles. The summed E-state index contributed by atoms with van der Waals surface area (Å²) in [6.45, 7) is 0. The second kappa shape index (κ2) is 5.62. The number of hydrogen-bond acceptors (Lipinski definition) is 0. The van der Waals surface area contributed by atoms with Gasteiger partial charge in [0.25, 0.3) is 0 Å². The van der Waals surface area contributed by atoms with Crippen molar-refractivity contribution in [2.75, 3.05) is 0 Å². The normalized spacial score (nSPS) is 34.7. The fourth-order valence-electron chi connectivity index (χ4n) is 18.6. The summed E-state index contributed by atoms with van der Waals surface area (Å²) >= 11 is 0. The van der Waals surface area contributed by atoms with E-state index in [-0.39, 0.29) is 10.8 Å². The summed E-state index contributed by atoms with van der Waals surface area (Å²) in [4.78, 5) is 0. The lowest BCUT2D eigenvalue weighted by molar-refractivity contribution is 0.0709. The molecule has 2 spiro atoms. The fraction of sp³-hybridized carbons (Fsp3) is 0.306. The van der Waals surface area contributed by atoms with Crippen LogP contribution in [0, 0.1) is 11.8 Å². The van der Waals surface area contributed by atoms with Crippen molar-refractivity contribution in [1.82, 2.24) is 0 Å². The monoisotopic (exact) mass is 616 g/mol. The maximum Gasteiger partial charge on any atom is 0.0209 e. The van der Waals surface area contributed by atoms with Crippen molar-refractivity contribution in [2.45, 2.75) is 80.0 Å². The largest absolute Gasteiger partial charge is 0.0754 e. The summed E-state index contributed by atoms with van der Waals surface area (Å²) in [7, 11) is 0. The Hall–Kier alpha value is -4.42. The summed E-state index contributed by atoms with van der Waals surface area (Å²) in [5, 5.41) is 29.7. The predicted molar refractivity (Wildman–Crippen MR) is 199 cm³/mol. The molecular weight excluding hydrogens is 589 g/mol. The number of rotatable bonds is 0. The number of aryl methyl sites for hydroxylation is 2. The van der Waals surface area contributed by atoms with Crippen molar-refractivity contribution in [3.8, 4) is 0 Å². The summed E-state index contributed by atoms with van der Waals surface area (Å²) in [5.41, 5.74) is 18.6. The number of fused-ring (bicyclic) bond motifs is 5. The van der Waals surface area contributed by atoms with Crippen molar-refractivity contribution in [3.05, 3.63) is 96.6 Å². The molecule has 0 N–H and O–H groups in total. The molecule has 0 nitrogen and oxygen atoms in total. The second-order valence-electron chi connectivity index (χ2n) is 18.8. The maximum absolute atomic E-state index is 2.75. The Morgan fingerprint density at radius 3 is 1.86 bits per heavy atom. The van der Waals surface area contributed by atoms with Gasteiger partial charge in [-0.25, -0.2) is 0 Å². The Labute approximate surface area is 280 Å². The lowest BCUT2D eigenvalue weighted by atomic mass is 9.39. The average Bonchev–Trinajstić information content (AvgIpc) is 3.99. The van der Waals surface area contributed by atoms with E-state index in [4.69, 9.17) is 0 Å². The Bertz CT molecular complexity index is 3590. The molecule has 0 aliphatic heterocycles. The second-order valence-corrected chi connectivity index (χ2v) is 18.8. The Balaban J connectivity index is 1.29. The first-order valence-corrected chi connectivity index (χ1v) is 19.8. The van der Waals surface area contributed by atoms with Gasteiger partial charge in [-0.2, -0.15) is 0 Å². The SMILES string of the molecule is C1=c2c3c4c5c6c7c8c9c%10c%11c(c%12ccc%13c%14c%15c(c2c4c7c%15c8c%11c%12%14)C%13C1)CCC=%10C1CCC(C=5CC3)C62[C@@H]3C[C@@H](c4ccccc43)C912. The smallest absolute Gasteiger partial charge is 0.0209 e. The zero-order valence-electron chi connectivity index (χ0n) is 27.1. The van der Waals surface area contributed by atoms with E-state index in [9.17, 15) is 0 Å². The van der Waals surface area contributed by atoms with Crippen LogP contribution in [0.3, 0.4) is 0 Å². The van der Waals surface area contributed by atoms with Gasteiger partial charge in [0.15, 0.2) is 0 Å². The molecule has 0 saturated heterocycles. The molecule has 49 heavy (non-hydrogen) atoms. The summed E-state index contributed by atoms with van der Waals surface area (Å²) < 4.78 is 0. The van der Waals surface area contributed by atoms with Crippen LogP contribution >= 0.6 is 0 Å². The highest BCUT2D eigenvalue weighted by Gasteiger charge is 2.81. The van der Waals surface area contributed by atoms with Crippen molar-refractivity contribution < 1.29 is 0 Å². The molecule has 0 aromatic heterocycles. The zero-order valence-corrected chi connectivity index (χ0v) is 27.1. The van der Waals surface area contributed by atoms with E-state index in [1.165, 1.54) is 51.4 Å². The third kappa shape index (κ3) is 1.44. The van der Waals surface area contributed by atoms with Gasteiger partial charge >= 0.3 is 0 Å². The molecule has 0 heteroatoms. The quantitative estimate of drug-likeness (QED) is 0.149. The van der Waals surface area contributed by atoms with Gasteiger partial charge in [0, 0.05) is 16.7 Å². The van der Waals surface area contributed by atoms with E-state index in [1.807, 2.05) is 32.7 Å². The van der Waals surface area contributed by atoms with Crippen LogP contribution in [0.25, 0.3) is 92.6 Å². The molecule has 2 saturated carbocycles. The van der Waals surface area contributed by atoms with E-state index >= 15 is 0 Å². The van der Waals surface area contributed by atoms with Crippen LogP contribution in [0.2, 0.25) is 0 Å². The minimum atomic E-state index is 0.232. The Kier molecular flexibility index (Phi) is 2.48. The van der Waals surface area contributed by atoms with Crippen molar-refractivity contribution in [3.63, 3.8) is 0 Å². The first kappa shape index (κ1) is 21.6.